The molecule has 2 aliphatic rings. The van der Waals surface area contributed by atoms with Gasteiger partial charge in [0.15, 0.2) is 5.96 Å². The number of carbonyl (C=O) groups is 1. The second-order valence-electron chi connectivity index (χ2n) is 8.46. The van der Waals surface area contributed by atoms with Gasteiger partial charge in [-0.1, -0.05) is 24.3 Å². The lowest BCUT2D eigenvalue weighted by Gasteiger charge is -2.31. The van der Waals surface area contributed by atoms with E-state index in [9.17, 15) is 4.79 Å². The number of fused-ring (bicyclic) bond motifs is 1. The number of amides is 1. The number of likely N-dealkylation sites (tertiary alicyclic amines) is 1. The number of hydrogen-bond donors (Lipinski definition) is 3. The Labute approximate surface area is 189 Å². The highest BCUT2D eigenvalue weighted by Crippen LogP contribution is 2.31. The molecule has 2 aromatic rings. The van der Waals surface area contributed by atoms with Crippen molar-refractivity contribution in [1.29, 1.82) is 0 Å². The highest BCUT2D eigenvalue weighted by molar-refractivity contribution is 7.09. The summed E-state index contributed by atoms with van der Waals surface area (Å²) in [5, 5.41) is 12.0. The molecule has 166 valence electrons. The minimum Gasteiger partial charge on any atom is -0.357 e. The Morgan fingerprint density at radius 3 is 3.00 bits per heavy atom. The van der Waals surface area contributed by atoms with E-state index in [1.807, 2.05) is 29.5 Å². The fourth-order valence-electron chi connectivity index (χ4n) is 4.53. The number of nitrogens with zero attached hydrogens (tertiary/aromatic N) is 2. The number of carbonyl (C=O) groups excluding carboxylic acids is 1. The number of rotatable bonds is 7. The van der Waals surface area contributed by atoms with E-state index in [1.165, 1.54) is 29.8 Å². The van der Waals surface area contributed by atoms with Crippen molar-refractivity contribution in [2.75, 3.05) is 38.0 Å². The average Bonchev–Trinajstić information content (AvgIpc) is 3.28. The highest BCUT2D eigenvalue weighted by atomic mass is 32.1. The maximum absolute atomic E-state index is 12.1. The van der Waals surface area contributed by atoms with Crippen LogP contribution in [0.1, 0.15) is 42.5 Å². The molecular weight excluding hydrogens is 406 g/mol. The van der Waals surface area contributed by atoms with Crippen molar-refractivity contribution >= 4 is 28.9 Å². The van der Waals surface area contributed by atoms with Gasteiger partial charge in [-0.15, -0.1) is 11.3 Å². The summed E-state index contributed by atoms with van der Waals surface area (Å²) in [5.74, 6) is 1.68. The van der Waals surface area contributed by atoms with Crippen LogP contribution in [0, 0.1) is 5.92 Å². The standard InChI is InChI=1S/C24H33N5OS/c1-2-25-24(27-15-19-13-23(30)28-22-10-4-3-9-21(19)22)26-14-18-7-5-11-29(16-18)17-20-8-6-12-31-20/h3-4,6,8-10,12,18-19H,2,5,7,11,13-17H2,1H3,(H,28,30)(H2,25,26,27). The quantitative estimate of drug-likeness (QED) is 0.455. The molecule has 3 heterocycles. The van der Waals surface area contributed by atoms with Gasteiger partial charge in [-0.3, -0.25) is 14.7 Å². The summed E-state index contributed by atoms with van der Waals surface area (Å²) in [4.78, 5) is 21.0. The number of aliphatic imine (C=N–C) groups is 1. The van der Waals surface area contributed by atoms with Gasteiger partial charge < -0.3 is 16.0 Å². The second kappa shape index (κ2) is 10.8. The monoisotopic (exact) mass is 439 g/mol. The third-order valence-electron chi connectivity index (χ3n) is 6.04. The minimum absolute atomic E-state index is 0.0838. The molecule has 4 rings (SSSR count). The van der Waals surface area contributed by atoms with E-state index in [1.54, 1.807) is 0 Å². The molecule has 0 bridgehead atoms. The van der Waals surface area contributed by atoms with Crippen LogP contribution in [0.4, 0.5) is 5.69 Å². The Bertz CT molecular complexity index is 882. The number of para-hydroxylation sites is 1. The van der Waals surface area contributed by atoms with Gasteiger partial charge in [0.1, 0.15) is 0 Å². The van der Waals surface area contributed by atoms with Gasteiger partial charge in [0.2, 0.25) is 5.91 Å². The fourth-order valence-corrected chi connectivity index (χ4v) is 5.28. The van der Waals surface area contributed by atoms with Crippen LogP contribution >= 0.6 is 11.3 Å². The molecule has 2 atom stereocenters. The number of benzene rings is 1. The number of nitrogens with one attached hydrogen (secondary N) is 3. The summed E-state index contributed by atoms with van der Waals surface area (Å²) in [6.45, 7) is 7.78. The molecule has 0 spiro atoms. The molecule has 0 aliphatic carbocycles. The Kier molecular flexibility index (Phi) is 7.59. The van der Waals surface area contributed by atoms with Crippen molar-refractivity contribution in [2.45, 2.75) is 38.6 Å². The first kappa shape index (κ1) is 21.8. The molecule has 2 aliphatic heterocycles. The molecule has 0 radical (unpaired) electrons. The van der Waals surface area contributed by atoms with Crippen molar-refractivity contribution in [3.63, 3.8) is 0 Å². The zero-order valence-corrected chi connectivity index (χ0v) is 19.1. The topological polar surface area (TPSA) is 68.8 Å². The lowest BCUT2D eigenvalue weighted by atomic mass is 9.90. The van der Waals surface area contributed by atoms with Gasteiger partial charge >= 0.3 is 0 Å². The molecule has 31 heavy (non-hydrogen) atoms. The highest BCUT2D eigenvalue weighted by Gasteiger charge is 2.25. The summed E-state index contributed by atoms with van der Waals surface area (Å²) >= 11 is 1.84. The van der Waals surface area contributed by atoms with Crippen LogP contribution in [0.15, 0.2) is 46.8 Å². The third kappa shape index (κ3) is 6.08. The largest absolute Gasteiger partial charge is 0.357 e. The summed E-state index contributed by atoms with van der Waals surface area (Å²) in [7, 11) is 0. The van der Waals surface area contributed by atoms with Crippen LogP contribution in [-0.4, -0.2) is 49.5 Å². The lowest BCUT2D eigenvalue weighted by molar-refractivity contribution is -0.116. The van der Waals surface area contributed by atoms with Gasteiger partial charge in [-0.25, -0.2) is 0 Å². The Morgan fingerprint density at radius 1 is 1.26 bits per heavy atom. The van der Waals surface area contributed by atoms with Crippen molar-refractivity contribution < 1.29 is 4.79 Å². The van der Waals surface area contributed by atoms with E-state index in [0.29, 0.717) is 18.9 Å². The van der Waals surface area contributed by atoms with E-state index in [0.717, 1.165) is 37.8 Å². The number of piperidine rings is 1. The van der Waals surface area contributed by atoms with Crippen molar-refractivity contribution in [1.82, 2.24) is 15.5 Å². The summed E-state index contributed by atoms with van der Waals surface area (Å²) < 4.78 is 0. The number of guanidine groups is 1. The van der Waals surface area contributed by atoms with E-state index < -0.39 is 0 Å². The van der Waals surface area contributed by atoms with Crippen molar-refractivity contribution in [3.8, 4) is 0 Å². The fraction of sp³-hybridized carbons (Fsp3) is 0.500. The molecule has 1 fully saturated rings. The summed E-state index contributed by atoms with van der Waals surface area (Å²) in [5.41, 5.74) is 2.13. The Balaban J connectivity index is 1.32. The predicted octanol–water partition coefficient (Wildman–Crippen LogP) is 3.64. The van der Waals surface area contributed by atoms with Gasteiger partial charge in [-0.05, 0) is 55.3 Å². The van der Waals surface area contributed by atoms with Crippen LogP contribution in [0.3, 0.4) is 0 Å². The zero-order chi connectivity index (χ0) is 21.5. The van der Waals surface area contributed by atoms with Gasteiger partial charge in [0.05, 0.1) is 0 Å². The SMILES string of the molecule is CCNC(=NCC1CCCN(Cc2cccs2)C1)NCC1CC(=O)Nc2ccccc21. The normalized spacial score (nSPS) is 22.0. The maximum atomic E-state index is 12.1. The van der Waals surface area contributed by atoms with Gasteiger partial charge in [0.25, 0.3) is 0 Å². The second-order valence-corrected chi connectivity index (χ2v) is 9.49. The number of hydrogen-bond acceptors (Lipinski definition) is 4. The molecule has 1 amide bonds. The molecule has 1 aromatic carbocycles. The molecule has 1 saturated heterocycles. The smallest absolute Gasteiger partial charge is 0.225 e. The van der Waals surface area contributed by atoms with Gasteiger partial charge in [-0.2, -0.15) is 0 Å². The third-order valence-corrected chi connectivity index (χ3v) is 6.90. The molecule has 0 saturated carbocycles. The molecule has 1 aromatic heterocycles. The Morgan fingerprint density at radius 2 is 2.16 bits per heavy atom. The maximum Gasteiger partial charge on any atom is 0.225 e. The lowest BCUT2D eigenvalue weighted by Crippen LogP contribution is -2.41. The number of thiophene rings is 1. The van der Waals surface area contributed by atoms with Crippen LogP contribution in [-0.2, 0) is 11.3 Å². The van der Waals surface area contributed by atoms with Crippen LogP contribution < -0.4 is 16.0 Å². The van der Waals surface area contributed by atoms with Crippen molar-refractivity contribution in [3.05, 3.63) is 52.2 Å². The predicted molar refractivity (Wildman–Crippen MR) is 129 cm³/mol. The first-order valence-corrected chi connectivity index (χ1v) is 12.2. The van der Waals surface area contributed by atoms with E-state index in [4.69, 9.17) is 4.99 Å². The van der Waals surface area contributed by atoms with Gasteiger partial charge in [0, 0.05) is 55.6 Å². The molecule has 6 nitrogen and oxygen atoms in total. The van der Waals surface area contributed by atoms with Crippen molar-refractivity contribution in [2.24, 2.45) is 10.9 Å². The van der Waals surface area contributed by atoms with E-state index >= 15 is 0 Å². The molecular formula is C24H33N5OS. The van der Waals surface area contributed by atoms with E-state index in [2.05, 4.69) is 51.4 Å². The van der Waals surface area contributed by atoms with Crippen LogP contribution in [0.25, 0.3) is 0 Å². The summed E-state index contributed by atoms with van der Waals surface area (Å²) in [6.07, 6.45) is 2.98. The average molecular weight is 440 g/mol. The molecule has 2 unspecified atom stereocenters. The van der Waals surface area contributed by atoms with Crippen LogP contribution in [0.2, 0.25) is 0 Å². The Hall–Kier alpha value is -2.38. The summed E-state index contributed by atoms with van der Waals surface area (Å²) in [6, 6.07) is 12.4. The first-order valence-electron chi connectivity index (χ1n) is 11.4. The van der Waals surface area contributed by atoms with Crippen LogP contribution in [0.5, 0.6) is 0 Å². The minimum atomic E-state index is 0.0838. The molecule has 7 heteroatoms. The van der Waals surface area contributed by atoms with E-state index in [-0.39, 0.29) is 11.8 Å². The zero-order valence-electron chi connectivity index (χ0n) is 18.3. The molecule has 3 N–H and O–H groups in total. The first-order chi connectivity index (χ1) is 15.2. The number of anilines is 1.